The molecule has 0 aromatic heterocycles. The SMILES string of the molecule is CN(CCS(C)(=O)=O)C1(CN)CCN2CCCC21. The van der Waals surface area contributed by atoms with Gasteiger partial charge in [-0.1, -0.05) is 0 Å². The summed E-state index contributed by atoms with van der Waals surface area (Å²) in [5.74, 6) is 0.220. The Bertz CT molecular complexity index is 398. The molecule has 18 heavy (non-hydrogen) atoms. The van der Waals surface area contributed by atoms with E-state index in [1.54, 1.807) is 0 Å². The molecule has 0 amide bonds. The quantitative estimate of drug-likeness (QED) is 0.735. The Hall–Kier alpha value is -0.170. The van der Waals surface area contributed by atoms with Crippen molar-refractivity contribution in [2.75, 3.05) is 45.2 Å². The van der Waals surface area contributed by atoms with Gasteiger partial charge in [-0.15, -0.1) is 0 Å². The monoisotopic (exact) mass is 275 g/mol. The molecule has 106 valence electrons. The molecule has 2 atom stereocenters. The van der Waals surface area contributed by atoms with Crippen LogP contribution in [0, 0.1) is 0 Å². The number of hydrogen-bond donors (Lipinski definition) is 1. The molecular weight excluding hydrogens is 250 g/mol. The standard InChI is InChI=1S/C12H25N3O2S/c1-14(8-9-18(2,16)17)12(10-13)5-7-15-6-3-4-11(12)15/h11H,3-10,13H2,1-2H3. The van der Waals surface area contributed by atoms with Crippen LogP contribution in [0.2, 0.25) is 0 Å². The van der Waals surface area contributed by atoms with Gasteiger partial charge in [0.25, 0.3) is 0 Å². The van der Waals surface area contributed by atoms with Crippen molar-refractivity contribution < 1.29 is 8.42 Å². The highest BCUT2D eigenvalue weighted by molar-refractivity contribution is 7.90. The van der Waals surface area contributed by atoms with Crippen molar-refractivity contribution in [3.63, 3.8) is 0 Å². The largest absolute Gasteiger partial charge is 0.329 e. The molecule has 0 bridgehead atoms. The minimum Gasteiger partial charge on any atom is -0.329 e. The first kappa shape index (κ1) is 14.2. The maximum absolute atomic E-state index is 11.3. The van der Waals surface area contributed by atoms with E-state index >= 15 is 0 Å². The summed E-state index contributed by atoms with van der Waals surface area (Å²) in [4.78, 5) is 4.72. The summed E-state index contributed by atoms with van der Waals surface area (Å²) in [5.41, 5.74) is 6.03. The van der Waals surface area contributed by atoms with Crippen molar-refractivity contribution >= 4 is 9.84 Å². The predicted molar refractivity (Wildman–Crippen MR) is 73.3 cm³/mol. The molecule has 2 fully saturated rings. The average Bonchev–Trinajstić information content (AvgIpc) is 2.86. The molecule has 0 spiro atoms. The molecule has 2 heterocycles. The maximum atomic E-state index is 11.3. The Labute approximate surface area is 110 Å². The minimum atomic E-state index is -2.90. The fourth-order valence-corrected chi connectivity index (χ4v) is 4.18. The van der Waals surface area contributed by atoms with Gasteiger partial charge in [0.1, 0.15) is 9.84 Å². The summed E-state index contributed by atoms with van der Waals surface area (Å²) in [7, 11) is -0.874. The Kier molecular flexibility index (Phi) is 4.02. The van der Waals surface area contributed by atoms with E-state index in [1.807, 2.05) is 7.05 Å². The molecular formula is C12H25N3O2S. The number of fused-ring (bicyclic) bond motifs is 1. The second kappa shape index (κ2) is 5.07. The number of rotatable bonds is 5. The lowest BCUT2D eigenvalue weighted by molar-refractivity contribution is 0.0970. The van der Waals surface area contributed by atoms with Gasteiger partial charge < -0.3 is 5.73 Å². The second-order valence-electron chi connectivity index (χ2n) is 5.80. The van der Waals surface area contributed by atoms with Crippen molar-refractivity contribution in [2.24, 2.45) is 5.73 Å². The van der Waals surface area contributed by atoms with E-state index < -0.39 is 9.84 Å². The molecule has 2 aliphatic heterocycles. The molecule has 2 N–H and O–H groups in total. The lowest BCUT2D eigenvalue weighted by Gasteiger charge is -2.42. The summed E-state index contributed by atoms with van der Waals surface area (Å²) < 4.78 is 22.6. The van der Waals surface area contributed by atoms with Gasteiger partial charge in [-0.3, -0.25) is 9.80 Å². The van der Waals surface area contributed by atoms with Crippen molar-refractivity contribution in [1.82, 2.24) is 9.80 Å². The van der Waals surface area contributed by atoms with Crippen LogP contribution in [-0.4, -0.2) is 75.0 Å². The van der Waals surface area contributed by atoms with Crippen molar-refractivity contribution in [3.05, 3.63) is 0 Å². The first-order valence-corrected chi connectivity index (χ1v) is 8.78. The van der Waals surface area contributed by atoms with Crippen LogP contribution in [-0.2, 0) is 9.84 Å². The molecule has 0 radical (unpaired) electrons. The van der Waals surface area contributed by atoms with Crippen LogP contribution in [0.1, 0.15) is 19.3 Å². The van der Waals surface area contributed by atoms with E-state index in [0.29, 0.717) is 19.1 Å². The summed E-state index contributed by atoms with van der Waals surface area (Å²) in [6.07, 6.45) is 4.80. The minimum absolute atomic E-state index is 0.0127. The van der Waals surface area contributed by atoms with Crippen LogP contribution in [0.5, 0.6) is 0 Å². The lowest BCUT2D eigenvalue weighted by atomic mass is 9.87. The Morgan fingerprint density at radius 3 is 2.78 bits per heavy atom. The fraction of sp³-hybridized carbons (Fsp3) is 1.00. The molecule has 5 nitrogen and oxygen atoms in total. The molecule has 0 aliphatic carbocycles. The van der Waals surface area contributed by atoms with Gasteiger partial charge in [0, 0.05) is 37.5 Å². The van der Waals surface area contributed by atoms with Gasteiger partial charge in [-0.05, 0) is 32.9 Å². The Balaban J connectivity index is 2.07. The molecule has 2 unspecified atom stereocenters. The second-order valence-corrected chi connectivity index (χ2v) is 8.06. The average molecular weight is 275 g/mol. The third-order valence-electron chi connectivity index (χ3n) is 4.73. The van der Waals surface area contributed by atoms with Crippen LogP contribution >= 0.6 is 0 Å². The van der Waals surface area contributed by atoms with E-state index in [0.717, 1.165) is 13.0 Å². The normalized spacial score (nSPS) is 33.2. The van der Waals surface area contributed by atoms with Crippen LogP contribution in [0.4, 0.5) is 0 Å². The number of sulfone groups is 1. The van der Waals surface area contributed by atoms with E-state index in [4.69, 9.17) is 5.73 Å². The third-order valence-corrected chi connectivity index (χ3v) is 5.65. The molecule has 2 aliphatic rings. The Morgan fingerprint density at radius 1 is 1.44 bits per heavy atom. The topological polar surface area (TPSA) is 66.6 Å². The van der Waals surface area contributed by atoms with Gasteiger partial charge in [0.05, 0.1) is 5.75 Å². The van der Waals surface area contributed by atoms with E-state index in [-0.39, 0.29) is 11.3 Å². The molecule has 2 saturated heterocycles. The molecule has 0 aromatic rings. The number of nitrogens with zero attached hydrogens (tertiary/aromatic N) is 2. The van der Waals surface area contributed by atoms with Crippen molar-refractivity contribution in [3.8, 4) is 0 Å². The van der Waals surface area contributed by atoms with Crippen LogP contribution in [0.25, 0.3) is 0 Å². The molecule has 0 saturated carbocycles. The van der Waals surface area contributed by atoms with Gasteiger partial charge in [-0.25, -0.2) is 8.42 Å². The third kappa shape index (κ3) is 2.57. The maximum Gasteiger partial charge on any atom is 0.148 e. The van der Waals surface area contributed by atoms with Gasteiger partial charge in [0.2, 0.25) is 0 Å². The van der Waals surface area contributed by atoms with E-state index in [9.17, 15) is 8.42 Å². The van der Waals surface area contributed by atoms with Crippen molar-refractivity contribution in [1.29, 1.82) is 0 Å². The highest BCUT2D eigenvalue weighted by Gasteiger charge is 2.50. The van der Waals surface area contributed by atoms with Gasteiger partial charge in [-0.2, -0.15) is 0 Å². The van der Waals surface area contributed by atoms with E-state index in [2.05, 4.69) is 9.80 Å². The summed E-state index contributed by atoms with van der Waals surface area (Å²) in [6.45, 7) is 3.48. The molecule has 6 heteroatoms. The zero-order valence-corrected chi connectivity index (χ0v) is 12.2. The highest BCUT2D eigenvalue weighted by Crippen LogP contribution is 2.38. The zero-order chi connectivity index (χ0) is 13.4. The highest BCUT2D eigenvalue weighted by atomic mass is 32.2. The summed E-state index contributed by atoms with van der Waals surface area (Å²) in [5, 5.41) is 0. The smallest absolute Gasteiger partial charge is 0.148 e. The lowest BCUT2D eigenvalue weighted by Crippen LogP contribution is -2.59. The fourth-order valence-electron chi connectivity index (χ4n) is 3.57. The molecule has 0 aromatic carbocycles. The van der Waals surface area contributed by atoms with Crippen LogP contribution in [0.3, 0.4) is 0 Å². The summed E-state index contributed by atoms with van der Waals surface area (Å²) >= 11 is 0. The van der Waals surface area contributed by atoms with Crippen LogP contribution < -0.4 is 5.73 Å². The zero-order valence-electron chi connectivity index (χ0n) is 11.4. The van der Waals surface area contributed by atoms with Gasteiger partial charge >= 0.3 is 0 Å². The first-order valence-electron chi connectivity index (χ1n) is 6.72. The molecule has 2 rings (SSSR count). The number of likely N-dealkylation sites (N-methyl/N-ethyl adjacent to an activating group) is 1. The first-order chi connectivity index (χ1) is 8.39. The number of hydrogen-bond acceptors (Lipinski definition) is 5. The predicted octanol–water partition coefficient (Wildman–Crippen LogP) is -0.472. The summed E-state index contributed by atoms with van der Waals surface area (Å²) in [6, 6.07) is 0.520. The van der Waals surface area contributed by atoms with E-state index in [1.165, 1.54) is 25.6 Å². The number of nitrogens with two attached hydrogens (primary N) is 1. The van der Waals surface area contributed by atoms with Crippen molar-refractivity contribution in [2.45, 2.75) is 30.8 Å². The Morgan fingerprint density at radius 2 is 2.17 bits per heavy atom. The van der Waals surface area contributed by atoms with Gasteiger partial charge in [0.15, 0.2) is 0 Å². The van der Waals surface area contributed by atoms with Crippen LogP contribution in [0.15, 0.2) is 0 Å².